The Hall–Kier alpha value is -2.94. The molecule has 0 unspecified atom stereocenters. The van der Waals surface area contributed by atoms with Gasteiger partial charge in [-0.3, -0.25) is 19.6 Å². The molecule has 0 saturated carbocycles. The van der Waals surface area contributed by atoms with Gasteiger partial charge in [0.25, 0.3) is 5.56 Å². The van der Waals surface area contributed by atoms with Gasteiger partial charge in [-0.15, -0.1) is 0 Å². The lowest BCUT2D eigenvalue weighted by Gasteiger charge is -2.32. The third-order valence-electron chi connectivity index (χ3n) is 4.07. The fourth-order valence-corrected chi connectivity index (χ4v) is 2.69. The summed E-state index contributed by atoms with van der Waals surface area (Å²) < 4.78 is 11.3. The zero-order chi connectivity index (χ0) is 18.5. The second-order valence-corrected chi connectivity index (χ2v) is 6.10. The molecular weight excluding hydrogens is 340 g/mol. The number of aryl methyl sites for hydroxylation is 1. The van der Waals surface area contributed by atoms with E-state index in [1.165, 1.54) is 6.20 Å². The number of carbonyl (C=O) groups is 1. The molecule has 0 radical (unpaired) electrons. The summed E-state index contributed by atoms with van der Waals surface area (Å²) in [4.78, 5) is 43.7. The van der Waals surface area contributed by atoms with Crippen LogP contribution in [0.5, 0.6) is 5.75 Å². The molecule has 1 saturated heterocycles. The molecule has 3 heterocycles. The summed E-state index contributed by atoms with van der Waals surface area (Å²) in [6.45, 7) is 2.74. The minimum Gasteiger partial charge on any atom is -0.484 e. The van der Waals surface area contributed by atoms with Crippen molar-refractivity contribution in [2.45, 2.75) is 31.9 Å². The molecule has 0 aromatic carbocycles. The molecule has 138 valence electrons. The van der Waals surface area contributed by atoms with Gasteiger partial charge in [0.2, 0.25) is 5.91 Å². The SMILES string of the molecule is Cc1ccc(O[C@H]2COCC[C@H]2NC(=O)Cc2c[nH]c(=O)[nH]c2=O)cn1. The van der Waals surface area contributed by atoms with Crippen LogP contribution in [-0.4, -0.2) is 46.2 Å². The summed E-state index contributed by atoms with van der Waals surface area (Å²) in [5.74, 6) is 0.271. The van der Waals surface area contributed by atoms with E-state index in [2.05, 4.69) is 20.3 Å². The number of hydrogen-bond acceptors (Lipinski definition) is 6. The van der Waals surface area contributed by atoms with Crippen molar-refractivity contribution in [3.63, 3.8) is 0 Å². The summed E-state index contributed by atoms with van der Waals surface area (Å²) in [5, 5.41) is 2.88. The van der Waals surface area contributed by atoms with Crippen LogP contribution in [0.15, 0.2) is 34.1 Å². The maximum atomic E-state index is 12.3. The zero-order valence-corrected chi connectivity index (χ0v) is 14.3. The van der Waals surface area contributed by atoms with Gasteiger partial charge >= 0.3 is 5.69 Å². The first-order chi connectivity index (χ1) is 12.5. The van der Waals surface area contributed by atoms with Crippen LogP contribution >= 0.6 is 0 Å². The molecule has 1 aliphatic heterocycles. The summed E-state index contributed by atoms with van der Waals surface area (Å²) in [6.07, 6.45) is 2.98. The first-order valence-electron chi connectivity index (χ1n) is 8.28. The van der Waals surface area contributed by atoms with Crippen molar-refractivity contribution < 1.29 is 14.3 Å². The van der Waals surface area contributed by atoms with Crippen LogP contribution in [-0.2, 0) is 16.0 Å². The lowest BCUT2D eigenvalue weighted by atomic mass is 10.1. The second-order valence-electron chi connectivity index (χ2n) is 6.10. The minimum absolute atomic E-state index is 0.137. The lowest BCUT2D eigenvalue weighted by molar-refractivity contribution is -0.123. The highest BCUT2D eigenvalue weighted by molar-refractivity contribution is 5.78. The molecule has 26 heavy (non-hydrogen) atoms. The smallest absolute Gasteiger partial charge is 0.325 e. The number of nitrogens with one attached hydrogen (secondary N) is 3. The highest BCUT2D eigenvalue weighted by atomic mass is 16.5. The first kappa shape index (κ1) is 17.9. The number of ether oxygens (including phenoxy) is 2. The van der Waals surface area contributed by atoms with Crippen LogP contribution in [0.25, 0.3) is 0 Å². The highest BCUT2D eigenvalue weighted by Gasteiger charge is 2.29. The molecule has 2 aromatic heterocycles. The Morgan fingerprint density at radius 3 is 3.00 bits per heavy atom. The van der Waals surface area contributed by atoms with Crippen molar-refractivity contribution in [3.05, 3.63) is 56.6 Å². The molecule has 0 spiro atoms. The molecule has 3 N–H and O–H groups in total. The molecule has 2 aromatic rings. The predicted octanol–water partition coefficient (Wildman–Crippen LogP) is -0.338. The van der Waals surface area contributed by atoms with E-state index in [1.807, 2.05) is 19.1 Å². The van der Waals surface area contributed by atoms with E-state index in [4.69, 9.17) is 9.47 Å². The fourth-order valence-electron chi connectivity index (χ4n) is 2.69. The van der Waals surface area contributed by atoms with Gasteiger partial charge in [-0.1, -0.05) is 0 Å². The molecule has 0 bridgehead atoms. The quantitative estimate of drug-likeness (QED) is 0.670. The highest BCUT2D eigenvalue weighted by Crippen LogP contribution is 2.17. The Kier molecular flexibility index (Phi) is 5.47. The largest absolute Gasteiger partial charge is 0.484 e. The average molecular weight is 360 g/mol. The van der Waals surface area contributed by atoms with Gasteiger partial charge in [0.05, 0.1) is 25.3 Å². The Morgan fingerprint density at radius 1 is 1.42 bits per heavy atom. The molecule has 9 nitrogen and oxygen atoms in total. The summed E-state index contributed by atoms with van der Waals surface area (Å²) in [6, 6.07) is 3.41. The van der Waals surface area contributed by atoms with Gasteiger partial charge in [0.15, 0.2) is 0 Å². The van der Waals surface area contributed by atoms with Crippen molar-refractivity contribution in [2.24, 2.45) is 0 Å². The third kappa shape index (κ3) is 4.57. The van der Waals surface area contributed by atoms with Gasteiger partial charge < -0.3 is 19.8 Å². The molecule has 1 fully saturated rings. The van der Waals surface area contributed by atoms with E-state index in [0.29, 0.717) is 25.4 Å². The van der Waals surface area contributed by atoms with Crippen molar-refractivity contribution >= 4 is 5.91 Å². The van der Waals surface area contributed by atoms with Crippen molar-refractivity contribution in [3.8, 4) is 5.75 Å². The maximum Gasteiger partial charge on any atom is 0.325 e. The van der Waals surface area contributed by atoms with Crippen LogP contribution in [0.4, 0.5) is 0 Å². The Labute approximate surface area is 148 Å². The number of H-pyrrole nitrogens is 2. The zero-order valence-electron chi connectivity index (χ0n) is 14.3. The van der Waals surface area contributed by atoms with Crippen LogP contribution in [0.3, 0.4) is 0 Å². The van der Waals surface area contributed by atoms with E-state index in [0.717, 1.165) is 5.69 Å². The number of pyridine rings is 1. The molecular formula is C17H20N4O5. The summed E-state index contributed by atoms with van der Waals surface area (Å²) >= 11 is 0. The van der Waals surface area contributed by atoms with Gasteiger partial charge in [-0.25, -0.2) is 4.79 Å². The second kappa shape index (κ2) is 7.96. The first-order valence-corrected chi connectivity index (χ1v) is 8.28. The van der Waals surface area contributed by atoms with Gasteiger partial charge in [0.1, 0.15) is 11.9 Å². The number of aromatic nitrogens is 3. The Balaban J connectivity index is 1.63. The van der Waals surface area contributed by atoms with Crippen LogP contribution in [0, 0.1) is 6.92 Å². The topological polar surface area (TPSA) is 126 Å². The standard InChI is InChI=1S/C17H20N4O5/c1-10-2-3-12(8-18-10)26-14-9-25-5-4-13(14)20-15(22)6-11-7-19-17(24)21-16(11)23/h2-3,7-8,13-14H,4-6,9H2,1H3,(H,20,22)(H2,19,21,23,24)/t13-,14+/m1/s1. The van der Waals surface area contributed by atoms with E-state index in [9.17, 15) is 14.4 Å². The molecule has 3 rings (SSSR count). The molecule has 0 aliphatic carbocycles. The van der Waals surface area contributed by atoms with Crippen molar-refractivity contribution in [1.82, 2.24) is 20.3 Å². The number of amides is 1. The van der Waals surface area contributed by atoms with Gasteiger partial charge in [-0.2, -0.15) is 0 Å². The average Bonchev–Trinajstić information content (AvgIpc) is 2.61. The van der Waals surface area contributed by atoms with Crippen LogP contribution < -0.4 is 21.3 Å². The van der Waals surface area contributed by atoms with Crippen LogP contribution in [0.1, 0.15) is 17.7 Å². The fraction of sp³-hybridized carbons (Fsp3) is 0.412. The van der Waals surface area contributed by atoms with Crippen LogP contribution in [0.2, 0.25) is 0 Å². The molecule has 1 amide bonds. The normalized spacial score (nSPS) is 19.7. The number of carbonyl (C=O) groups excluding carboxylic acids is 1. The molecule has 1 aliphatic rings. The van der Waals surface area contributed by atoms with Gasteiger partial charge in [0, 0.05) is 24.1 Å². The monoisotopic (exact) mass is 360 g/mol. The van der Waals surface area contributed by atoms with E-state index < -0.39 is 11.2 Å². The summed E-state index contributed by atoms with van der Waals surface area (Å²) in [5.41, 5.74) is -0.110. The number of nitrogens with zero attached hydrogens (tertiary/aromatic N) is 1. The lowest BCUT2D eigenvalue weighted by Crippen LogP contribution is -2.52. The number of hydrogen-bond donors (Lipinski definition) is 3. The van der Waals surface area contributed by atoms with Crippen molar-refractivity contribution in [1.29, 1.82) is 0 Å². The molecule has 9 heteroatoms. The predicted molar refractivity (Wildman–Crippen MR) is 92.1 cm³/mol. The Bertz CT molecular complexity index is 874. The number of rotatable bonds is 5. The van der Waals surface area contributed by atoms with Crippen molar-refractivity contribution in [2.75, 3.05) is 13.2 Å². The third-order valence-corrected chi connectivity index (χ3v) is 4.07. The minimum atomic E-state index is -0.608. The van der Waals surface area contributed by atoms with E-state index in [1.54, 1.807) is 6.20 Å². The van der Waals surface area contributed by atoms with E-state index >= 15 is 0 Å². The molecule has 2 atom stereocenters. The summed E-state index contributed by atoms with van der Waals surface area (Å²) in [7, 11) is 0. The van der Waals surface area contributed by atoms with E-state index in [-0.39, 0.29) is 30.0 Å². The Morgan fingerprint density at radius 2 is 2.27 bits per heavy atom. The van der Waals surface area contributed by atoms with Gasteiger partial charge in [-0.05, 0) is 25.5 Å². The maximum absolute atomic E-state index is 12.3. The number of aromatic amines is 2.